The molecule has 0 saturated heterocycles. The molecule has 2 atom stereocenters. The highest BCUT2D eigenvalue weighted by Gasteiger charge is 2.24. The number of rotatable bonds is 5. The van der Waals surface area contributed by atoms with E-state index in [1.165, 1.54) is 0 Å². The Hall–Kier alpha value is -1.39. The lowest BCUT2D eigenvalue weighted by molar-refractivity contribution is 0.0696. The van der Waals surface area contributed by atoms with Gasteiger partial charge in [-0.3, -0.25) is 0 Å². The minimum absolute atomic E-state index is 0.178. The van der Waals surface area contributed by atoms with Crippen molar-refractivity contribution in [2.45, 2.75) is 31.9 Å². The van der Waals surface area contributed by atoms with Gasteiger partial charge in [0.15, 0.2) is 0 Å². The van der Waals surface area contributed by atoms with Crippen molar-refractivity contribution in [1.29, 1.82) is 0 Å². The highest BCUT2D eigenvalue weighted by Crippen LogP contribution is 2.24. The van der Waals surface area contributed by atoms with Crippen LogP contribution in [0.4, 0.5) is 0 Å². The summed E-state index contributed by atoms with van der Waals surface area (Å²) in [6.45, 7) is 1.43. The number of carbonyl (C=O) groups is 1. The molecule has 0 heterocycles. The van der Waals surface area contributed by atoms with Gasteiger partial charge in [0.25, 0.3) is 0 Å². The van der Waals surface area contributed by atoms with Crippen LogP contribution in [-0.4, -0.2) is 28.8 Å². The Morgan fingerprint density at radius 3 is 2.89 bits per heavy atom. The molecule has 4 nitrogen and oxygen atoms in total. The van der Waals surface area contributed by atoms with Crippen molar-refractivity contribution in [2.24, 2.45) is 5.92 Å². The molecule has 1 aliphatic rings. The monoisotopic (exact) mass is 249 g/mol. The molecule has 3 N–H and O–H groups in total. The molecule has 2 unspecified atom stereocenters. The van der Waals surface area contributed by atoms with Gasteiger partial charge in [0.2, 0.25) is 0 Å². The number of aliphatic hydroxyl groups excluding tert-OH is 1. The summed E-state index contributed by atoms with van der Waals surface area (Å²) in [6, 6.07) is 6.93. The summed E-state index contributed by atoms with van der Waals surface area (Å²) in [7, 11) is 0. The first kappa shape index (κ1) is 13.1. The molecule has 4 heteroatoms. The molecule has 1 aliphatic carbocycles. The predicted molar refractivity (Wildman–Crippen MR) is 68.5 cm³/mol. The molecular formula is C14H19NO3. The molecule has 0 bridgehead atoms. The summed E-state index contributed by atoms with van der Waals surface area (Å²) >= 11 is 0. The first-order chi connectivity index (χ1) is 8.66. The first-order valence-corrected chi connectivity index (χ1v) is 6.38. The van der Waals surface area contributed by atoms with Crippen LogP contribution in [0.3, 0.4) is 0 Å². The van der Waals surface area contributed by atoms with Gasteiger partial charge < -0.3 is 15.5 Å². The maximum absolute atomic E-state index is 10.8. The van der Waals surface area contributed by atoms with Crippen molar-refractivity contribution >= 4 is 5.97 Å². The second kappa shape index (κ2) is 5.98. The van der Waals surface area contributed by atoms with Crippen LogP contribution in [-0.2, 0) is 6.54 Å². The Morgan fingerprint density at radius 1 is 1.39 bits per heavy atom. The summed E-state index contributed by atoms with van der Waals surface area (Å²) in [5.74, 6) is -0.560. The van der Waals surface area contributed by atoms with Gasteiger partial charge in [-0.25, -0.2) is 4.79 Å². The van der Waals surface area contributed by atoms with Crippen molar-refractivity contribution in [3.63, 3.8) is 0 Å². The van der Waals surface area contributed by atoms with E-state index in [1.807, 2.05) is 6.07 Å². The number of nitrogens with one attached hydrogen (secondary N) is 1. The molecule has 0 amide bonds. The second-order valence-corrected chi connectivity index (χ2v) is 4.89. The Bertz CT molecular complexity index is 419. The highest BCUT2D eigenvalue weighted by atomic mass is 16.4. The molecule has 98 valence electrons. The Labute approximate surface area is 107 Å². The average Bonchev–Trinajstić information content (AvgIpc) is 2.76. The molecule has 0 aliphatic heterocycles. The quantitative estimate of drug-likeness (QED) is 0.742. The SMILES string of the molecule is O=C(O)c1cccc(CNCC2CCCC2O)c1. The van der Waals surface area contributed by atoms with Gasteiger partial charge in [0, 0.05) is 13.1 Å². The van der Waals surface area contributed by atoms with Crippen LogP contribution in [0.5, 0.6) is 0 Å². The molecule has 1 aromatic rings. The van der Waals surface area contributed by atoms with Crippen molar-refractivity contribution in [1.82, 2.24) is 5.32 Å². The van der Waals surface area contributed by atoms with Gasteiger partial charge in [-0.15, -0.1) is 0 Å². The van der Waals surface area contributed by atoms with Gasteiger partial charge in [-0.2, -0.15) is 0 Å². The Morgan fingerprint density at radius 2 is 2.22 bits per heavy atom. The van der Waals surface area contributed by atoms with Crippen molar-refractivity contribution in [3.05, 3.63) is 35.4 Å². The van der Waals surface area contributed by atoms with E-state index in [2.05, 4.69) is 5.32 Å². The molecular weight excluding hydrogens is 230 g/mol. The number of hydrogen-bond acceptors (Lipinski definition) is 3. The fourth-order valence-corrected chi connectivity index (χ4v) is 2.47. The summed E-state index contributed by atoms with van der Waals surface area (Å²) < 4.78 is 0. The largest absolute Gasteiger partial charge is 0.478 e. The van der Waals surface area contributed by atoms with E-state index in [9.17, 15) is 9.90 Å². The van der Waals surface area contributed by atoms with Crippen molar-refractivity contribution in [3.8, 4) is 0 Å². The Kier molecular flexibility index (Phi) is 4.33. The van der Waals surface area contributed by atoms with E-state index >= 15 is 0 Å². The standard InChI is InChI=1S/C14H19NO3/c16-13-6-2-5-12(13)9-15-8-10-3-1-4-11(7-10)14(17)18/h1,3-4,7,12-13,15-16H,2,5-6,8-9H2,(H,17,18). The van der Waals surface area contributed by atoms with E-state index in [4.69, 9.17) is 5.11 Å². The van der Waals surface area contributed by atoms with Gasteiger partial charge in [-0.1, -0.05) is 18.6 Å². The van der Waals surface area contributed by atoms with Gasteiger partial charge in [0.05, 0.1) is 11.7 Å². The highest BCUT2D eigenvalue weighted by molar-refractivity contribution is 5.87. The summed E-state index contributed by atoms with van der Waals surface area (Å²) in [6.07, 6.45) is 2.90. The number of aliphatic hydroxyl groups is 1. The first-order valence-electron chi connectivity index (χ1n) is 6.38. The van der Waals surface area contributed by atoms with E-state index in [1.54, 1.807) is 18.2 Å². The zero-order valence-corrected chi connectivity index (χ0v) is 10.3. The van der Waals surface area contributed by atoms with E-state index < -0.39 is 5.97 Å². The molecule has 0 spiro atoms. The van der Waals surface area contributed by atoms with E-state index in [-0.39, 0.29) is 6.10 Å². The summed E-state index contributed by atoms with van der Waals surface area (Å²) in [5.41, 5.74) is 1.28. The van der Waals surface area contributed by atoms with Gasteiger partial charge in [-0.05, 0) is 36.5 Å². The van der Waals surface area contributed by atoms with Crippen LogP contribution in [0.25, 0.3) is 0 Å². The van der Waals surface area contributed by atoms with Crippen LogP contribution in [0.2, 0.25) is 0 Å². The molecule has 2 rings (SSSR count). The molecule has 0 radical (unpaired) electrons. The lowest BCUT2D eigenvalue weighted by Crippen LogP contribution is -2.27. The summed E-state index contributed by atoms with van der Waals surface area (Å²) in [5, 5.41) is 21.9. The van der Waals surface area contributed by atoms with Crippen LogP contribution in [0.15, 0.2) is 24.3 Å². The molecule has 1 saturated carbocycles. The van der Waals surface area contributed by atoms with Gasteiger partial charge >= 0.3 is 5.97 Å². The van der Waals surface area contributed by atoms with Crippen LogP contribution in [0.1, 0.15) is 35.2 Å². The van der Waals surface area contributed by atoms with Gasteiger partial charge in [0.1, 0.15) is 0 Å². The summed E-state index contributed by atoms with van der Waals surface area (Å²) in [4.78, 5) is 10.8. The maximum atomic E-state index is 10.8. The molecule has 18 heavy (non-hydrogen) atoms. The third-order valence-electron chi connectivity index (χ3n) is 3.53. The average molecular weight is 249 g/mol. The smallest absolute Gasteiger partial charge is 0.335 e. The zero-order valence-electron chi connectivity index (χ0n) is 10.3. The molecule has 1 fully saturated rings. The fourth-order valence-electron chi connectivity index (χ4n) is 2.47. The Balaban J connectivity index is 1.83. The lowest BCUT2D eigenvalue weighted by Gasteiger charge is -2.15. The number of carboxylic acids is 1. The third-order valence-corrected chi connectivity index (χ3v) is 3.53. The number of benzene rings is 1. The van der Waals surface area contributed by atoms with E-state index in [0.29, 0.717) is 18.0 Å². The normalized spacial score (nSPS) is 23.2. The maximum Gasteiger partial charge on any atom is 0.335 e. The minimum atomic E-state index is -0.900. The zero-order chi connectivity index (χ0) is 13.0. The number of carboxylic acid groups (broad SMARTS) is 1. The topological polar surface area (TPSA) is 69.6 Å². The second-order valence-electron chi connectivity index (χ2n) is 4.89. The number of aromatic carboxylic acids is 1. The van der Waals surface area contributed by atoms with Crippen molar-refractivity contribution in [2.75, 3.05) is 6.54 Å². The third kappa shape index (κ3) is 3.31. The fraction of sp³-hybridized carbons (Fsp3) is 0.500. The minimum Gasteiger partial charge on any atom is -0.478 e. The van der Waals surface area contributed by atoms with Crippen LogP contribution in [0, 0.1) is 5.92 Å². The van der Waals surface area contributed by atoms with Crippen molar-refractivity contribution < 1.29 is 15.0 Å². The molecule has 1 aromatic carbocycles. The molecule has 0 aromatic heterocycles. The van der Waals surface area contributed by atoms with Crippen LogP contribution < -0.4 is 5.32 Å². The lowest BCUT2D eigenvalue weighted by atomic mass is 10.1. The van der Waals surface area contributed by atoms with E-state index in [0.717, 1.165) is 31.4 Å². The van der Waals surface area contributed by atoms with Crippen LogP contribution >= 0.6 is 0 Å². The predicted octanol–water partition coefficient (Wildman–Crippen LogP) is 1.64. The number of hydrogen-bond donors (Lipinski definition) is 3.